The van der Waals surface area contributed by atoms with E-state index in [4.69, 9.17) is 0 Å². The SMILES string of the molecule is C=Nc1cc(C)c(N=Nc2ccc3ccccc3c2)cc1C. The molecule has 3 nitrogen and oxygen atoms in total. The third-order valence-electron chi connectivity index (χ3n) is 3.69. The average Bonchev–Trinajstić information content (AvgIpc) is 2.55. The third kappa shape index (κ3) is 2.79. The second-order valence-electron chi connectivity index (χ2n) is 5.31. The molecule has 0 aliphatic carbocycles. The number of rotatable bonds is 3. The van der Waals surface area contributed by atoms with Crippen molar-refractivity contribution in [2.75, 3.05) is 0 Å². The zero-order chi connectivity index (χ0) is 15.5. The molecule has 0 fully saturated rings. The summed E-state index contributed by atoms with van der Waals surface area (Å²) in [6.07, 6.45) is 0. The van der Waals surface area contributed by atoms with E-state index in [9.17, 15) is 0 Å². The summed E-state index contributed by atoms with van der Waals surface area (Å²) in [7, 11) is 0. The van der Waals surface area contributed by atoms with Gasteiger partial charge < -0.3 is 0 Å². The Balaban J connectivity index is 1.95. The normalized spacial score (nSPS) is 11.2. The number of aliphatic imine (C=N–C) groups is 1. The van der Waals surface area contributed by atoms with E-state index in [0.717, 1.165) is 33.6 Å². The van der Waals surface area contributed by atoms with Crippen LogP contribution in [-0.4, -0.2) is 6.72 Å². The van der Waals surface area contributed by atoms with E-state index in [1.54, 1.807) is 0 Å². The maximum absolute atomic E-state index is 4.38. The van der Waals surface area contributed by atoms with Gasteiger partial charge in [0.05, 0.1) is 17.1 Å². The predicted molar refractivity (Wildman–Crippen MR) is 93.2 cm³/mol. The van der Waals surface area contributed by atoms with Crippen LogP contribution >= 0.6 is 0 Å². The van der Waals surface area contributed by atoms with E-state index in [1.807, 2.05) is 50.2 Å². The molecule has 0 heterocycles. The van der Waals surface area contributed by atoms with E-state index in [0.29, 0.717) is 0 Å². The van der Waals surface area contributed by atoms with Gasteiger partial charge in [0.15, 0.2) is 0 Å². The highest BCUT2D eigenvalue weighted by molar-refractivity contribution is 5.85. The summed E-state index contributed by atoms with van der Waals surface area (Å²) in [5, 5.41) is 11.1. The summed E-state index contributed by atoms with van der Waals surface area (Å²) in [6, 6.07) is 18.3. The van der Waals surface area contributed by atoms with Crippen LogP contribution in [0.25, 0.3) is 10.8 Å². The van der Waals surface area contributed by atoms with Crippen molar-refractivity contribution in [2.45, 2.75) is 13.8 Å². The maximum Gasteiger partial charge on any atom is 0.0890 e. The molecule has 0 amide bonds. The molecule has 0 aliphatic rings. The van der Waals surface area contributed by atoms with Crippen LogP contribution in [0.2, 0.25) is 0 Å². The van der Waals surface area contributed by atoms with Gasteiger partial charge in [0.25, 0.3) is 0 Å². The largest absolute Gasteiger partial charge is 0.264 e. The van der Waals surface area contributed by atoms with Gasteiger partial charge in [-0.3, -0.25) is 4.99 Å². The van der Waals surface area contributed by atoms with Crippen molar-refractivity contribution in [3.8, 4) is 0 Å². The molecule has 0 atom stereocenters. The van der Waals surface area contributed by atoms with Gasteiger partial charge in [-0.05, 0) is 66.7 Å². The molecule has 3 rings (SSSR count). The van der Waals surface area contributed by atoms with Crippen molar-refractivity contribution in [2.24, 2.45) is 15.2 Å². The molecule has 3 aromatic rings. The fourth-order valence-electron chi connectivity index (χ4n) is 2.41. The van der Waals surface area contributed by atoms with Crippen LogP contribution in [0.4, 0.5) is 17.1 Å². The zero-order valence-corrected chi connectivity index (χ0v) is 12.7. The molecule has 0 bridgehead atoms. The molecule has 0 aliphatic heterocycles. The highest BCUT2D eigenvalue weighted by Gasteiger charge is 2.03. The minimum absolute atomic E-state index is 0.849. The quantitative estimate of drug-likeness (QED) is 0.406. The Morgan fingerprint density at radius 2 is 1.41 bits per heavy atom. The monoisotopic (exact) mass is 287 g/mol. The highest BCUT2D eigenvalue weighted by Crippen LogP contribution is 2.30. The van der Waals surface area contributed by atoms with Gasteiger partial charge in [0, 0.05) is 0 Å². The number of benzene rings is 3. The average molecular weight is 287 g/mol. The molecular formula is C19H17N3. The van der Waals surface area contributed by atoms with Crippen LogP contribution in [-0.2, 0) is 0 Å². The van der Waals surface area contributed by atoms with E-state index >= 15 is 0 Å². The number of hydrogen-bond donors (Lipinski definition) is 0. The minimum Gasteiger partial charge on any atom is -0.264 e. The van der Waals surface area contributed by atoms with Gasteiger partial charge in [-0.25, -0.2) is 0 Å². The number of fused-ring (bicyclic) bond motifs is 1. The van der Waals surface area contributed by atoms with E-state index in [-0.39, 0.29) is 0 Å². The van der Waals surface area contributed by atoms with Crippen LogP contribution in [0.15, 0.2) is 69.8 Å². The molecule has 0 N–H and O–H groups in total. The summed E-state index contributed by atoms with van der Waals surface area (Å²) >= 11 is 0. The fourth-order valence-corrected chi connectivity index (χ4v) is 2.41. The first kappa shape index (κ1) is 14.1. The van der Waals surface area contributed by atoms with Crippen molar-refractivity contribution < 1.29 is 0 Å². The Kier molecular flexibility index (Phi) is 3.79. The standard InChI is InChI=1S/C19H17N3/c1-13-11-19(14(2)10-18(13)20-3)22-21-17-9-8-15-6-4-5-7-16(15)12-17/h4-12H,3H2,1-2H3. The molecule has 0 radical (unpaired) electrons. The zero-order valence-electron chi connectivity index (χ0n) is 12.7. The highest BCUT2D eigenvalue weighted by atomic mass is 15.1. The molecule has 3 heteroatoms. The third-order valence-corrected chi connectivity index (χ3v) is 3.69. The molecule has 3 aromatic carbocycles. The summed E-state index contributed by atoms with van der Waals surface area (Å²) < 4.78 is 0. The lowest BCUT2D eigenvalue weighted by atomic mass is 10.1. The smallest absolute Gasteiger partial charge is 0.0890 e. The van der Waals surface area contributed by atoms with Gasteiger partial charge in [0.2, 0.25) is 0 Å². The molecule has 0 spiro atoms. The van der Waals surface area contributed by atoms with Crippen molar-refractivity contribution in [1.29, 1.82) is 0 Å². The molecule has 108 valence electrons. The Morgan fingerprint density at radius 1 is 0.727 bits per heavy atom. The van der Waals surface area contributed by atoms with Crippen LogP contribution < -0.4 is 0 Å². The molecule has 0 saturated carbocycles. The van der Waals surface area contributed by atoms with Crippen molar-refractivity contribution in [1.82, 2.24) is 0 Å². The maximum atomic E-state index is 4.38. The first-order chi connectivity index (χ1) is 10.7. The fraction of sp³-hybridized carbons (Fsp3) is 0.105. The van der Waals surface area contributed by atoms with E-state index in [1.165, 1.54) is 5.39 Å². The van der Waals surface area contributed by atoms with Crippen LogP contribution in [0.3, 0.4) is 0 Å². The predicted octanol–water partition coefficient (Wildman–Crippen LogP) is 6.20. The van der Waals surface area contributed by atoms with Crippen molar-refractivity contribution in [3.63, 3.8) is 0 Å². The van der Waals surface area contributed by atoms with Crippen molar-refractivity contribution >= 4 is 34.6 Å². The lowest BCUT2D eigenvalue weighted by Gasteiger charge is -2.04. The molecule has 0 unspecified atom stereocenters. The summed E-state index contributed by atoms with van der Waals surface area (Å²) in [6.45, 7) is 7.58. The number of hydrogen-bond acceptors (Lipinski definition) is 3. The van der Waals surface area contributed by atoms with Gasteiger partial charge in [0.1, 0.15) is 0 Å². The van der Waals surface area contributed by atoms with E-state index < -0.39 is 0 Å². The number of nitrogens with zero attached hydrogens (tertiary/aromatic N) is 3. The number of aryl methyl sites for hydroxylation is 2. The van der Waals surface area contributed by atoms with Crippen LogP contribution in [0.1, 0.15) is 11.1 Å². The molecule has 22 heavy (non-hydrogen) atoms. The Morgan fingerprint density at radius 3 is 2.18 bits per heavy atom. The van der Waals surface area contributed by atoms with Gasteiger partial charge in [-0.1, -0.05) is 30.3 Å². The van der Waals surface area contributed by atoms with Crippen molar-refractivity contribution in [3.05, 3.63) is 65.7 Å². The Hall–Kier alpha value is -2.81. The Labute approximate surface area is 130 Å². The topological polar surface area (TPSA) is 37.1 Å². The summed E-state index contributed by atoms with van der Waals surface area (Å²) in [4.78, 5) is 4.00. The molecular weight excluding hydrogens is 270 g/mol. The Bertz CT molecular complexity index is 879. The second-order valence-corrected chi connectivity index (χ2v) is 5.31. The second kappa shape index (κ2) is 5.90. The van der Waals surface area contributed by atoms with Gasteiger partial charge >= 0.3 is 0 Å². The first-order valence-corrected chi connectivity index (χ1v) is 7.16. The first-order valence-electron chi connectivity index (χ1n) is 7.16. The summed E-state index contributed by atoms with van der Waals surface area (Å²) in [5.41, 5.74) is 4.69. The van der Waals surface area contributed by atoms with Crippen LogP contribution in [0.5, 0.6) is 0 Å². The molecule has 0 saturated heterocycles. The van der Waals surface area contributed by atoms with E-state index in [2.05, 4.69) is 40.1 Å². The minimum atomic E-state index is 0.849. The van der Waals surface area contributed by atoms with Gasteiger partial charge in [-0.15, -0.1) is 0 Å². The van der Waals surface area contributed by atoms with Gasteiger partial charge in [-0.2, -0.15) is 10.2 Å². The van der Waals surface area contributed by atoms with Crippen LogP contribution in [0, 0.1) is 13.8 Å². The lowest BCUT2D eigenvalue weighted by molar-refractivity contribution is 1.20. The summed E-state index contributed by atoms with van der Waals surface area (Å²) in [5.74, 6) is 0. The lowest BCUT2D eigenvalue weighted by Crippen LogP contribution is -1.79. The number of azo groups is 1. The molecule has 0 aromatic heterocycles.